The second-order valence-electron chi connectivity index (χ2n) is 6.25. The Bertz CT molecular complexity index is 516. The van der Waals surface area contributed by atoms with Crippen molar-refractivity contribution in [2.24, 2.45) is 0 Å². The molecule has 1 unspecified atom stereocenters. The lowest BCUT2D eigenvalue weighted by atomic mass is 10.0. The highest BCUT2D eigenvalue weighted by Gasteiger charge is 2.25. The second kappa shape index (κ2) is 9.39. The van der Waals surface area contributed by atoms with Gasteiger partial charge in [0.15, 0.2) is 0 Å². The van der Waals surface area contributed by atoms with E-state index in [0.29, 0.717) is 25.6 Å². The third-order valence-electron chi connectivity index (χ3n) is 4.53. The molecule has 6 heteroatoms. The first-order chi connectivity index (χ1) is 11.6. The highest BCUT2D eigenvalue weighted by molar-refractivity contribution is 5.73. The van der Waals surface area contributed by atoms with E-state index in [9.17, 15) is 9.59 Å². The van der Waals surface area contributed by atoms with Crippen LogP contribution in [-0.4, -0.2) is 61.1 Å². The minimum atomic E-state index is -0.349. The summed E-state index contributed by atoms with van der Waals surface area (Å²) in [5, 5.41) is 2.74. The van der Waals surface area contributed by atoms with E-state index in [-0.39, 0.29) is 12.1 Å². The Morgan fingerprint density at radius 2 is 2.04 bits per heavy atom. The van der Waals surface area contributed by atoms with E-state index < -0.39 is 0 Å². The molecule has 0 spiro atoms. The monoisotopic (exact) mass is 333 g/mol. The maximum atomic E-state index is 11.4. The average molecular weight is 333 g/mol. The third kappa shape index (κ3) is 5.62. The minimum Gasteiger partial charge on any atom is -0.352 e. The zero-order valence-corrected chi connectivity index (χ0v) is 14.5. The number of likely N-dealkylation sites (tertiary alicyclic amines) is 1. The van der Waals surface area contributed by atoms with Gasteiger partial charge in [0.1, 0.15) is 6.23 Å². The van der Waals surface area contributed by atoms with E-state index in [1.165, 1.54) is 0 Å². The molecule has 0 bridgehead atoms. The molecule has 132 valence electrons. The van der Waals surface area contributed by atoms with Gasteiger partial charge in [-0.2, -0.15) is 0 Å². The van der Waals surface area contributed by atoms with Crippen LogP contribution in [0, 0.1) is 0 Å². The number of piperidine rings is 1. The van der Waals surface area contributed by atoms with Gasteiger partial charge in [0.05, 0.1) is 6.61 Å². The predicted octanol–water partition coefficient (Wildman–Crippen LogP) is 1.22. The molecule has 6 nitrogen and oxygen atoms in total. The number of hydrogen-bond acceptors (Lipinski definition) is 4. The minimum absolute atomic E-state index is 0.141. The Balaban J connectivity index is 1.81. The van der Waals surface area contributed by atoms with Crippen LogP contribution < -0.4 is 5.32 Å². The number of amides is 2. The van der Waals surface area contributed by atoms with Crippen LogP contribution in [0.5, 0.6) is 0 Å². The number of rotatable bonds is 8. The molecule has 0 radical (unpaired) electrons. The van der Waals surface area contributed by atoms with Gasteiger partial charge in [-0.1, -0.05) is 30.3 Å². The number of benzene rings is 1. The van der Waals surface area contributed by atoms with E-state index in [0.717, 1.165) is 31.5 Å². The Morgan fingerprint density at radius 3 is 2.62 bits per heavy atom. The summed E-state index contributed by atoms with van der Waals surface area (Å²) < 4.78 is 5.84. The van der Waals surface area contributed by atoms with Crippen LogP contribution in [-0.2, 0) is 20.9 Å². The molecular formula is C18H27N3O3. The van der Waals surface area contributed by atoms with Gasteiger partial charge in [-0.05, 0) is 25.5 Å². The van der Waals surface area contributed by atoms with Gasteiger partial charge in [0, 0.05) is 32.6 Å². The lowest BCUT2D eigenvalue weighted by Gasteiger charge is -2.37. The first-order valence-corrected chi connectivity index (χ1v) is 8.41. The van der Waals surface area contributed by atoms with Crippen molar-refractivity contribution >= 4 is 12.3 Å². The Morgan fingerprint density at radius 1 is 1.38 bits per heavy atom. The average Bonchev–Trinajstić information content (AvgIpc) is 2.60. The molecule has 0 aromatic heterocycles. The normalized spacial score (nSPS) is 16.9. The van der Waals surface area contributed by atoms with Gasteiger partial charge in [0.25, 0.3) is 0 Å². The molecule has 0 aliphatic carbocycles. The molecule has 1 fully saturated rings. The quantitative estimate of drug-likeness (QED) is 0.574. The van der Waals surface area contributed by atoms with E-state index in [4.69, 9.17) is 4.74 Å². The highest BCUT2D eigenvalue weighted by atomic mass is 16.5. The lowest BCUT2D eigenvalue weighted by molar-refractivity contribution is -0.130. The van der Waals surface area contributed by atoms with Crippen LogP contribution in [0.25, 0.3) is 0 Å². The van der Waals surface area contributed by atoms with Gasteiger partial charge in [-0.3, -0.25) is 14.5 Å². The number of carbonyl (C=O) groups excluding carboxylic acids is 2. The van der Waals surface area contributed by atoms with Gasteiger partial charge >= 0.3 is 0 Å². The molecule has 24 heavy (non-hydrogen) atoms. The standard InChI is InChI=1S/C18H27N3O3/c1-15(23)21-10-8-17(9-11-21)20(2)12-18(19-14-22)24-13-16-6-4-3-5-7-16/h3-7,14,17-18H,8-13H2,1-2H3,(H,19,22). The zero-order valence-electron chi connectivity index (χ0n) is 14.5. The molecule has 1 N–H and O–H groups in total. The molecule has 2 amide bonds. The predicted molar refractivity (Wildman–Crippen MR) is 92.1 cm³/mol. The van der Waals surface area contributed by atoms with Crippen molar-refractivity contribution in [3.8, 4) is 0 Å². The van der Waals surface area contributed by atoms with E-state index in [1.54, 1.807) is 6.92 Å². The van der Waals surface area contributed by atoms with Gasteiger partial charge in [-0.25, -0.2) is 0 Å². The molecule has 1 aliphatic rings. The fourth-order valence-corrected chi connectivity index (χ4v) is 3.03. The molecule has 0 saturated carbocycles. The summed E-state index contributed by atoms with van der Waals surface area (Å²) in [7, 11) is 2.04. The van der Waals surface area contributed by atoms with Crippen molar-refractivity contribution in [3.05, 3.63) is 35.9 Å². The van der Waals surface area contributed by atoms with Crippen LogP contribution in [0.2, 0.25) is 0 Å². The van der Waals surface area contributed by atoms with Crippen LogP contribution in [0.15, 0.2) is 30.3 Å². The molecule has 1 aromatic rings. The van der Waals surface area contributed by atoms with Gasteiger partial charge < -0.3 is 15.0 Å². The lowest BCUT2D eigenvalue weighted by Crippen LogP contribution is -2.49. The van der Waals surface area contributed by atoms with Crippen molar-refractivity contribution in [1.82, 2.24) is 15.1 Å². The summed E-state index contributed by atoms with van der Waals surface area (Å²) in [5.41, 5.74) is 1.08. The third-order valence-corrected chi connectivity index (χ3v) is 4.53. The fraction of sp³-hybridized carbons (Fsp3) is 0.556. The SMILES string of the molecule is CC(=O)N1CCC(N(C)CC(NC=O)OCc2ccccc2)CC1. The molecule has 1 saturated heterocycles. The zero-order chi connectivity index (χ0) is 17.4. The topological polar surface area (TPSA) is 61.9 Å². The first-order valence-electron chi connectivity index (χ1n) is 8.41. The number of likely N-dealkylation sites (N-methyl/N-ethyl adjacent to an activating group) is 1. The van der Waals surface area contributed by atoms with Crippen LogP contribution in [0.1, 0.15) is 25.3 Å². The summed E-state index contributed by atoms with van der Waals surface area (Å²) in [6.07, 6.45) is 2.23. The second-order valence-corrected chi connectivity index (χ2v) is 6.25. The summed E-state index contributed by atoms with van der Waals surface area (Å²) >= 11 is 0. The number of nitrogens with one attached hydrogen (secondary N) is 1. The number of nitrogens with zero attached hydrogens (tertiary/aromatic N) is 2. The number of ether oxygens (including phenoxy) is 1. The van der Waals surface area contributed by atoms with Crippen molar-refractivity contribution in [2.75, 3.05) is 26.7 Å². The highest BCUT2D eigenvalue weighted by Crippen LogP contribution is 2.16. The van der Waals surface area contributed by atoms with Crippen molar-refractivity contribution in [2.45, 2.75) is 38.6 Å². The molecule has 1 atom stereocenters. The van der Waals surface area contributed by atoms with Gasteiger partial charge in [0.2, 0.25) is 12.3 Å². The summed E-state index contributed by atoms with van der Waals surface area (Å²) in [6.45, 7) is 4.28. The van der Waals surface area contributed by atoms with Crippen LogP contribution in [0.4, 0.5) is 0 Å². The maximum Gasteiger partial charge on any atom is 0.219 e. The Hall–Kier alpha value is -1.92. The number of carbonyl (C=O) groups is 2. The molecule has 1 heterocycles. The summed E-state index contributed by atoms with van der Waals surface area (Å²) in [5.74, 6) is 0.141. The van der Waals surface area contributed by atoms with Crippen LogP contribution in [0.3, 0.4) is 0 Å². The van der Waals surface area contributed by atoms with E-state index in [1.807, 2.05) is 42.3 Å². The van der Waals surface area contributed by atoms with Crippen molar-refractivity contribution in [3.63, 3.8) is 0 Å². The summed E-state index contributed by atoms with van der Waals surface area (Å²) in [6, 6.07) is 10.3. The largest absolute Gasteiger partial charge is 0.352 e. The molecule has 2 rings (SSSR count). The molecule has 1 aromatic carbocycles. The number of hydrogen-bond donors (Lipinski definition) is 1. The van der Waals surface area contributed by atoms with Crippen molar-refractivity contribution < 1.29 is 14.3 Å². The van der Waals surface area contributed by atoms with E-state index in [2.05, 4.69) is 10.2 Å². The summed E-state index contributed by atoms with van der Waals surface area (Å²) in [4.78, 5) is 26.3. The molecule has 1 aliphatic heterocycles. The smallest absolute Gasteiger partial charge is 0.219 e. The van der Waals surface area contributed by atoms with E-state index >= 15 is 0 Å². The maximum absolute atomic E-state index is 11.4. The Kier molecular flexibility index (Phi) is 7.21. The van der Waals surface area contributed by atoms with Gasteiger partial charge in [-0.15, -0.1) is 0 Å². The first kappa shape index (κ1) is 18.4. The van der Waals surface area contributed by atoms with Crippen LogP contribution >= 0.6 is 0 Å². The fourth-order valence-electron chi connectivity index (χ4n) is 3.03. The Labute approximate surface area is 143 Å². The molecular weight excluding hydrogens is 306 g/mol. The van der Waals surface area contributed by atoms with Crippen molar-refractivity contribution in [1.29, 1.82) is 0 Å².